The minimum absolute atomic E-state index is 0.622. The molecule has 0 aliphatic rings. The van der Waals surface area contributed by atoms with E-state index in [-0.39, 0.29) is 0 Å². The molecule has 32 heavy (non-hydrogen) atoms. The predicted molar refractivity (Wildman–Crippen MR) is 128 cm³/mol. The Morgan fingerprint density at radius 2 is 1.12 bits per heavy atom. The third-order valence-corrected chi connectivity index (χ3v) is 5.66. The largest absolute Gasteiger partial charge is 0.456 e. The normalized spacial score (nSPS) is 11.3. The zero-order chi connectivity index (χ0) is 21.5. The highest BCUT2D eigenvalue weighted by atomic mass is 16.3. The van der Waals surface area contributed by atoms with Crippen molar-refractivity contribution in [1.29, 1.82) is 0 Å². The van der Waals surface area contributed by atoms with E-state index in [9.17, 15) is 0 Å². The Kier molecular flexibility index (Phi) is 4.29. The van der Waals surface area contributed by atoms with E-state index in [2.05, 4.69) is 25.1 Å². The fraction of sp³-hybridized carbons (Fsp3) is 0.0357. The molecule has 0 aliphatic carbocycles. The molecule has 0 N–H and O–H groups in total. The van der Waals surface area contributed by atoms with E-state index in [0.29, 0.717) is 17.5 Å². The molecule has 4 heteroatoms. The molecule has 2 heterocycles. The maximum atomic E-state index is 6.15. The van der Waals surface area contributed by atoms with E-state index in [1.54, 1.807) is 0 Å². The van der Waals surface area contributed by atoms with Gasteiger partial charge in [0.1, 0.15) is 11.2 Å². The standard InChI is InChI=1S/C28H19N3O/c1-18-9-8-14-23-25(18)22-16-15-21(17-24(22)32-23)28-30-26(19-10-4-2-5-11-19)29-27(31-28)20-12-6-3-7-13-20/h2-17H,1H3. The fourth-order valence-electron chi connectivity index (χ4n) is 4.08. The molecule has 0 saturated heterocycles. The first-order valence-electron chi connectivity index (χ1n) is 10.6. The highest BCUT2D eigenvalue weighted by molar-refractivity contribution is 6.07. The van der Waals surface area contributed by atoms with Gasteiger partial charge in [0.25, 0.3) is 0 Å². The lowest BCUT2D eigenvalue weighted by atomic mass is 10.1. The van der Waals surface area contributed by atoms with Crippen molar-refractivity contribution in [2.24, 2.45) is 0 Å². The SMILES string of the molecule is Cc1cccc2oc3cc(-c4nc(-c5ccccc5)nc(-c5ccccc5)n4)ccc3c12. The van der Waals surface area contributed by atoms with Crippen LogP contribution in [0.4, 0.5) is 0 Å². The molecule has 2 aromatic heterocycles. The van der Waals surface area contributed by atoms with Crippen LogP contribution >= 0.6 is 0 Å². The molecule has 0 atom stereocenters. The van der Waals surface area contributed by atoms with Gasteiger partial charge in [-0.1, -0.05) is 78.9 Å². The van der Waals surface area contributed by atoms with Crippen molar-refractivity contribution in [1.82, 2.24) is 15.0 Å². The topological polar surface area (TPSA) is 51.8 Å². The van der Waals surface area contributed by atoms with Crippen molar-refractivity contribution in [3.8, 4) is 34.2 Å². The van der Waals surface area contributed by atoms with Crippen LogP contribution in [0.25, 0.3) is 56.1 Å². The number of hydrogen-bond acceptors (Lipinski definition) is 4. The van der Waals surface area contributed by atoms with E-state index in [1.165, 1.54) is 5.56 Å². The molecule has 6 aromatic rings. The van der Waals surface area contributed by atoms with Gasteiger partial charge in [-0.05, 0) is 30.7 Å². The molecule has 0 fully saturated rings. The third-order valence-electron chi connectivity index (χ3n) is 5.66. The Balaban J connectivity index is 1.56. The summed E-state index contributed by atoms with van der Waals surface area (Å²) in [6.45, 7) is 2.11. The monoisotopic (exact) mass is 413 g/mol. The quantitative estimate of drug-likeness (QED) is 0.311. The maximum absolute atomic E-state index is 6.15. The molecule has 0 aliphatic heterocycles. The Hall–Kier alpha value is -4.31. The average molecular weight is 413 g/mol. The fourth-order valence-corrected chi connectivity index (χ4v) is 4.08. The Morgan fingerprint density at radius 1 is 0.531 bits per heavy atom. The van der Waals surface area contributed by atoms with Gasteiger partial charge in [-0.3, -0.25) is 0 Å². The molecular formula is C28H19N3O. The second kappa shape index (κ2) is 7.43. The van der Waals surface area contributed by atoms with Crippen molar-refractivity contribution in [3.63, 3.8) is 0 Å². The molecule has 6 rings (SSSR count). The van der Waals surface area contributed by atoms with Crippen LogP contribution in [0.1, 0.15) is 5.56 Å². The van der Waals surface area contributed by atoms with Gasteiger partial charge >= 0.3 is 0 Å². The highest BCUT2D eigenvalue weighted by Gasteiger charge is 2.14. The average Bonchev–Trinajstić information content (AvgIpc) is 3.24. The summed E-state index contributed by atoms with van der Waals surface area (Å²) in [5.74, 6) is 1.92. The minimum Gasteiger partial charge on any atom is -0.456 e. The van der Waals surface area contributed by atoms with Crippen molar-refractivity contribution in [2.75, 3.05) is 0 Å². The molecule has 0 spiro atoms. The summed E-state index contributed by atoms with van der Waals surface area (Å²) in [6.07, 6.45) is 0. The van der Waals surface area contributed by atoms with Gasteiger partial charge in [0, 0.05) is 27.5 Å². The van der Waals surface area contributed by atoms with Gasteiger partial charge in [0.05, 0.1) is 0 Å². The molecule has 0 radical (unpaired) electrons. The first kappa shape index (κ1) is 18.5. The molecule has 0 unspecified atom stereocenters. The maximum Gasteiger partial charge on any atom is 0.164 e. The Morgan fingerprint density at radius 3 is 1.75 bits per heavy atom. The van der Waals surface area contributed by atoms with Crippen molar-refractivity contribution < 1.29 is 4.42 Å². The van der Waals surface area contributed by atoms with Crippen LogP contribution in [0.15, 0.2) is 101 Å². The Bertz CT molecular complexity index is 1510. The number of fused-ring (bicyclic) bond motifs is 3. The summed E-state index contributed by atoms with van der Waals surface area (Å²) in [7, 11) is 0. The van der Waals surface area contributed by atoms with Crippen molar-refractivity contribution in [3.05, 3.63) is 103 Å². The van der Waals surface area contributed by atoms with Gasteiger partial charge in [-0.15, -0.1) is 0 Å². The molecule has 152 valence electrons. The third kappa shape index (κ3) is 3.13. The van der Waals surface area contributed by atoms with E-state index >= 15 is 0 Å². The van der Waals surface area contributed by atoms with Gasteiger partial charge in [0.2, 0.25) is 0 Å². The first-order valence-corrected chi connectivity index (χ1v) is 10.6. The van der Waals surface area contributed by atoms with E-state index < -0.39 is 0 Å². The second-order valence-corrected chi connectivity index (χ2v) is 7.80. The number of nitrogens with zero attached hydrogens (tertiary/aromatic N) is 3. The van der Waals surface area contributed by atoms with Gasteiger partial charge in [-0.2, -0.15) is 0 Å². The van der Waals surface area contributed by atoms with E-state index in [1.807, 2.05) is 78.9 Å². The lowest BCUT2D eigenvalue weighted by Crippen LogP contribution is -2.00. The smallest absolute Gasteiger partial charge is 0.164 e. The summed E-state index contributed by atoms with van der Waals surface area (Å²) >= 11 is 0. The van der Waals surface area contributed by atoms with Crippen LogP contribution < -0.4 is 0 Å². The Labute approximate surface area is 185 Å². The van der Waals surface area contributed by atoms with Gasteiger partial charge in [0.15, 0.2) is 17.5 Å². The summed E-state index contributed by atoms with van der Waals surface area (Å²) in [4.78, 5) is 14.4. The predicted octanol–water partition coefficient (Wildman–Crippen LogP) is 7.08. The van der Waals surface area contributed by atoms with Crippen LogP contribution in [-0.4, -0.2) is 15.0 Å². The summed E-state index contributed by atoms with van der Waals surface area (Å²) in [5, 5.41) is 2.25. The highest BCUT2D eigenvalue weighted by Crippen LogP contribution is 2.34. The molecule has 0 saturated carbocycles. The summed E-state index contributed by atoms with van der Waals surface area (Å²) in [6, 6.07) is 32.3. The van der Waals surface area contributed by atoms with Crippen molar-refractivity contribution in [2.45, 2.75) is 6.92 Å². The molecule has 4 nitrogen and oxygen atoms in total. The number of rotatable bonds is 3. The number of hydrogen-bond donors (Lipinski definition) is 0. The van der Waals surface area contributed by atoms with Gasteiger partial charge < -0.3 is 4.42 Å². The number of furan rings is 1. The minimum atomic E-state index is 0.622. The zero-order valence-electron chi connectivity index (χ0n) is 17.5. The first-order chi connectivity index (χ1) is 15.8. The molecule has 0 bridgehead atoms. The zero-order valence-corrected chi connectivity index (χ0v) is 17.5. The number of aromatic nitrogens is 3. The molecule has 0 amide bonds. The van der Waals surface area contributed by atoms with Crippen LogP contribution in [0, 0.1) is 6.92 Å². The van der Waals surface area contributed by atoms with Crippen LogP contribution in [-0.2, 0) is 0 Å². The van der Waals surface area contributed by atoms with Crippen LogP contribution in [0.3, 0.4) is 0 Å². The van der Waals surface area contributed by atoms with E-state index in [4.69, 9.17) is 19.4 Å². The number of benzene rings is 4. The van der Waals surface area contributed by atoms with Crippen molar-refractivity contribution >= 4 is 21.9 Å². The van der Waals surface area contributed by atoms with Crippen LogP contribution in [0.5, 0.6) is 0 Å². The van der Waals surface area contributed by atoms with E-state index in [0.717, 1.165) is 38.6 Å². The molecule has 4 aromatic carbocycles. The van der Waals surface area contributed by atoms with Crippen LogP contribution in [0.2, 0.25) is 0 Å². The second-order valence-electron chi connectivity index (χ2n) is 7.80. The lowest BCUT2D eigenvalue weighted by molar-refractivity contribution is 0.669. The van der Waals surface area contributed by atoms with Gasteiger partial charge in [-0.25, -0.2) is 15.0 Å². The lowest BCUT2D eigenvalue weighted by Gasteiger charge is -2.08. The molecular weight excluding hydrogens is 394 g/mol. The summed E-state index contributed by atoms with van der Waals surface area (Å²) in [5.41, 5.74) is 5.72. The summed E-state index contributed by atoms with van der Waals surface area (Å²) < 4.78 is 6.15. The number of aryl methyl sites for hydroxylation is 1.